The fraction of sp³-hybridized carbons (Fsp3) is 0.389. The summed E-state index contributed by atoms with van der Waals surface area (Å²) in [6, 6.07) is 7.19. The number of hydrogen-bond donors (Lipinski definition) is 2. The normalized spacial score (nSPS) is 15.2. The van der Waals surface area contributed by atoms with E-state index < -0.39 is 0 Å². The lowest BCUT2D eigenvalue weighted by Crippen LogP contribution is -2.44. The van der Waals surface area contributed by atoms with E-state index >= 15 is 0 Å². The lowest BCUT2D eigenvalue weighted by atomic mass is 10.2. The van der Waals surface area contributed by atoms with Crippen LogP contribution >= 0.6 is 0 Å². The molecule has 7 heteroatoms. The van der Waals surface area contributed by atoms with E-state index in [1.54, 1.807) is 19.2 Å². The number of aryl methyl sites for hydroxylation is 1. The van der Waals surface area contributed by atoms with Gasteiger partial charge in [-0.2, -0.15) is 0 Å². The van der Waals surface area contributed by atoms with Crippen molar-refractivity contribution in [2.24, 2.45) is 0 Å². The number of nitrogens with one attached hydrogen (secondary N) is 2. The molecule has 1 amide bonds. The molecular weight excluding hydrogens is 318 g/mol. The molecule has 0 bridgehead atoms. The van der Waals surface area contributed by atoms with Crippen molar-refractivity contribution in [3.63, 3.8) is 0 Å². The smallest absolute Gasteiger partial charge is 0.260 e. The Kier molecular flexibility index (Phi) is 5.14. The van der Waals surface area contributed by atoms with Gasteiger partial charge in [0.2, 0.25) is 0 Å². The number of aromatic amines is 1. The summed E-state index contributed by atoms with van der Waals surface area (Å²) < 4.78 is 0. The van der Waals surface area contributed by atoms with Gasteiger partial charge in [0.05, 0.1) is 0 Å². The second-order valence-electron chi connectivity index (χ2n) is 6.38. The predicted octanol–water partition coefficient (Wildman–Crippen LogP) is 0.760. The van der Waals surface area contributed by atoms with Crippen molar-refractivity contribution in [3.8, 4) is 0 Å². The second kappa shape index (κ2) is 7.48. The SMILES string of the molecule is Cc1ccc(C(=O)NCc2ccc(N3CCN(C)CC3)nc2)c(=O)[nH]1. The molecule has 7 nitrogen and oxygen atoms in total. The van der Waals surface area contributed by atoms with Gasteiger partial charge in [-0.15, -0.1) is 0 Å². The topological polar surface area (TPSA) is 81.3 Å². The Morgan fingerprint density at radius 2 is 1.96 bits per heavy atom. The van der Waals surface area contributed by atoms with Gasteiger partial charge in [0.25, 0.3) is 11.5 Å². The summed E-state index contributed by atoms with van der Waals surface area (Å²) in [5, 5.41) is 2.76. The first-order valence-corrected chi connectivity index (χ1v) is 8.39. The first-order chi connectivity index (χ1) is 12.0. The van der Waals surface area contributed by atoms with Crippen LogP contribution in [0.25, 0.3) is 0 Å². The Morgan fingerprint density at radius 1 is 1.20 bits per heavy atom. The maximum atomic E-state index is 12.1. The van der Waals surface area contributed by atoms with Crippen molar-refractivity contribution in [2.45, 2.75) is 13.5 Å². The van der Waals surface area contributed by atoms with Crippen LogP contribution in [0.1, 0.15) is 21.6 Å². The molecule has 0 spiro atoms. The van der Waals surface area contributed by atoms with Crippen LogP contribution in [0.3, 0.4) is 0 Å². The van der Waals surface area contributed by atoms with E-state index in [9.17, 15) is 9.59 Å². The van der Waals surface area contributed by atoms with Crippen molar-refractivity contribution in [3.05, 3.63) is 57.6 Å². The van der Waals surface area contributed by atoms with E-state index in [0.29, 0.717) is 6.54 Å². The molecule has 1 saturated heterocycles. The molecular formula is C18H23N5O2. The quantitative estimate of drug-likeness (QED) is 0.858. The van der Waals surface area contributed by atoms with Crippen molar-refractivity contribution in [1.82, 2.24) is 20.2 Å². The molecule has 1 aliphatic rings. The van der Waals surface area contributed by atoms with Crippen molar-refractivity contribution >= 4 is 11.7 Å². The summed E-state index contributed by atoms with van der Waals surface area (Å²) in [6.45, 7) is 6.11. The molecule has 0 radical (unpaired) electrons. The molecule has 1 fully saturated rings. The van der Waals surface area contributed by atoms with Crippen LogP contribution in [0.5, 0.6) is 0 Å². The van der Waals surface area contributed by atoms with Gasteiger partial charge in [-0.1, -0.05) is 6.07 Å². The summed E-state index contributed by atoms with van der Waals surface area (Å²) in [5.74, 6) is 0.572. The minimum Gasteiger partial charge on any atom is -0.354 e. The Morgan fingerprint density at radius 3 is 2.60 bits per heavy atom. The van der Waals surface area contributed by atoms with Crippen LogP contribution in [0.15, 0.2) is 35.3 Å². The molecule has 2 N–H and O–H groups in total. The minimum absolute atomic E-state index is 0.118. The average molecular weight is 341 g/mol. The molecule has 132 valence electrons. The van der Waals surface area contributed by atoms with E-state index in [4.69, 9.17) is 0 Å². The fourth-order valence-corrected chi connectivity index (χ4v) is 2.77. The highest BCUT2D eigenvalue weighted by atomic mass is 16.2. The highest BCUT2D eigenvalue weighted by Crippen LogP contribution is 2.13. The van der Waals surface area contributed by atoms with Gasteiger partial charge in [0.1, 0.15) is 11.4 Å². The molecule has 0 atom stereocenters. The Labute approximate surface area is 146 Å². The number of amides is 1. The third-order valence-corrected chi connectivity index (χ3v) is 4.39. The molecule has 1 aliphatic heterocycles. The van der Waals surface area contributed by atoms with Crippen LogP contribution in [-0.4, -0.2) is 54.0 Å². The number of pyridine rings is 2. The lowest BCUT2D eigenvalue weighted by molar-refractivity contribution is 0.0949. The fourth-order valence-electron chi connectivity index (χ4n) is 2.77. The van der Waals surface area contributed by atoms with Gasteiger partial charge in [-0.25, -0.2) is 4.98 Å². The van der Waals surface area contributed by atoms with Crippen LogP contribution in [0.4, 0.5) is 5.82 Å². The van der Waals surface area contributed by atoms with E-state index in [0.717, 1.165) is 43.3 Å². The number of carbonyl (C=O) groups is 1. The zero-order chi connectivity index (χ0) is 17.8. The molecule has 2 aromatic rings. The summed E-state index contributed by atoms with van der Waals surface area (Å²) in [7, 11) is 2.12. The monoisotopic (exact) mass is 341 g/mol. The van der Waals surface area contributed by atoms with E-state index in [2.05, 4.69) is 32.1 Å². The van der Waals surface area contributed by atoms with Crippen LogP contribution in [0, 0.1) is 6.92 Å². The molecule has 0 aliphatic carbocycles. The number of H-pyrrole nitrogens is 1. The van der Waals surface area contributed by atoms with Crippen molar-refractivity contribution < 1.29 is 4.79 Å². The molecule has 3 rings (SSSR count). The summed E-state index contributed by atoms with van der Waals surface area (Å²) in [4.78, 5) is 35.6. The van der Waals surface area contributed by atoms with Crippen molar-refractivity contribution in [1.29, 1.82) is 0 Å². The van der Waals surface area contributed by atoms with Gasteiger partial charge in [0.15, 0.2) is 0 Å². The maximum absolute atomic E-state index is 12.1. The number of anilines is 1. The number of aromatic nitrogens is 2. The van der Waals surface area contributed by atoms with Gasteiger partial charge < -0.3 is 20.1 Å². The van der Waals surface area contributed by atoms with Gasteiger partial charge in [-0.3, -0.25) is 9.59 Å². The molecule has 2 aromatic heterocycles. The second-order valence-corrected chi connectivity index (χ2v) is 6.38. The molecule has 0 unspecified atom stereocenters. The van der Waals surface area contributed by atoms with Crippen LogP contribution in [0.2, 0.25) is 0 Å². The average Bonchev–Trinajstić information content (AvgIpc) is 2.61. The molecule has 3 heterocycles. The first-order valence-electron chi connectivity index (χ1n) is 8.39. The zero-order valence-corrected chi connectivity index (χ0v) is 14.6. The molecule has 25 heavy (non-hydrogen) atoms. The Bertz CT molecular complexity index is 792. The highest BCUT2D eigenvalue weighted by Gasteiger charge is 2.15. The number of rotatable bonds is 4. The van der Waals surface area contributed by atoms with Crippen molar-refractivity contribution in [2.75, 3.05) is 38.1 Å². The van der Waals surface area contributed by atoms with Gasteiger partial charge in [-0.05, 0) is 37.7 Å². The Balaban J connectivity index is 1.58. The number of carbonyl (C=O) groups excluding carboxylic acids is 1. The number of piperazine rings is 1. The minimum atomic E-state index is -0.385. The molecule has 0 saturated carbocycles. The first kappa shape index (κ1) is 17.2. The Hall–Kier alpha value is -2.67. The summed E-state index contributed by atoms with van der Waals surface area (Å²) in [6.07, 6.45) is 1.77. The summed E-state index contributed by atoms with van der Waals surface area (Å²) in [5.41, 5.74) is 1.37. The third kappa shape index (κ3) is 4.24. The highest BCUT2D eigenvalue weighted by molar-refractivity contribution is 5.93. The standard InChI is InChI=1S/C18H23N5O2/c1-13-3-5-15(18(25)21-13)17(24)20-12-14-4-6-16(19-11-14)23-9-7-22(2)8-10-23/h3-6,11H,7-10,12H2,1-2H3,(H,20,24)(H,21,25). The van der Waals surface area contributed by atoms with E-state index in [1.165, 1.54) is 6.07 Å². The van der Waals surface area contributed by atoms with Gasteiger partial charge >= 0.3 is 0 Å². The third-order valence-electron chi connectivity index (χ3n) is 4.39. The number of hydrogen-bond acceptors (Lipinski definition) is 5. The van der Waals surface area contributed by atoms with E-state index in [-0.39, 0.29) is 17.0 Å². The van der Waals surface area contributed by atoms with E-state index in [1.807, 2.05) is 12.1 Å². The lowest BCUT2D eigenvalue weighted by Gasteiger charge is -2.33. The number of nitrogens with zero attached hydrogens (tertiary/aromatic N) is 3. The number of likely N-dealkylation sites (N-methyl/N-ethyl adjacent to an activating group) is 1. The predicted molar refractivity (Wildman–Crippen MR) is 96.9 cm³/mol. The summed E-state index contributed by atoms with van der Waals surface area (Å²) >= 11 is 0. The zero-order valence-electron chi connectivity index (χ0n) is 14.6. The van der Waals surface area contributed by atoms with Crippen LogP contribution < -0.4 is 15.8 Å². The van der Waals surface area contributed by atoms with Gasteiger partial charge in [0, 0.05) is 44.6 Å². The largest absolute Gasteiger partial charge is 0.354 e. The molecule has 0 aromatic carbocycles. The maximum Gasteiger partial charge on any atom is 0.260 e. The van der Waals surface area contributed by atoms with Crippen LogP contribution in [-0.2, 0) is 6.54 Å².